The van der Waals surface area contributed by atoms with Gasteiger partial charge in [-0.25, -0.2) is 0 Å². The van der Waals surface area contributed by atoms with Crippen molar-refractivity contribution in [3.05, 3.63) is 22.8 Å². The molecule has 1 heterocycles. The Labute approximate surface area is 75.4 Å². The fraction of sp³-hybridized carbons (Fsp3) is 0.500. The van der Waals surface area contributed by atoms with Crippen molar-refractivity contribution in [2.45, 2.75) is 26.2 Å². The highest BCUT2D eigenvalue weighted by atomic mass is 79.9. The molecule has 1 N–H and O–H groups in total. The van der Waals surface area contributed by atoms with Crippen molar-refractivity contribution in [1.82, 2.24) is 5.32 Å². The summed E-state index contributed by atoms with van der Waals surface area (Å²) < 4.78 is 6.52. The number of hydrogen-bond acceptors (Lipinski definition) is 2. The van der Waals surface area contributed by atoms with Gasteiger partial charge in [-0.1, -0.05) is 0 Å². The first-order valence-electron chi connectivity index (χ1n) is 3.64. The van der Waals surface area contributed by atoms with Gasteiger partial charge >= 0.3 is 0 Å². The Morgan fingerprint density at radius 1 is 1.64 bits per heavy atom. The van der Waals surface area contributed by atoms with Crippen LogP contribution in [0, 0.1) is 0 Å². The van der Waals surface area contributed by atoms with Gasteiger partial charge in [0.05, 0.1) is 6.10 Å². The smallest absolute Gasteiger partial charge is 0.147 e. The maximum Gasteiger partial charge on any atom is 0.147 e. The number of hydrogen-bond donors (Lipinski definition) is 1. The highest BCUT2D eigenvalue weighted by molar-refractivity contribution is 9.11. The van der Waals surface area contributed by atoms with Crippen LogP contribution in [0.4, 0.5) is 0 Å². The number of nitrogens with one attached hydrogen (secondary N) is 1. The Hall–Kier alpha value is -0.280. The van der Waals surface area contributed by atoms with Crippen LogP contribution in [0.1, 0.15) is 13.8 Å². The summed E-state index contributed by atoms with van der Waals surface area (Å²) in [6.45, 7) is 4.03. The van der Waals surface area contributed by atoms with Gasteiger partial charge in [-0.3, -0.25) is 0 Å². The zero-order chi connectivity index (χ0) is 8.27. The molecule has 11 heavy (non-hydrogen) atoms. The average Bonchev–Trinajstić information content (AvgIpc) is 1.93. The van der Waals surface area contributed by atoms with E-state index in [1.165, 1.54) is 0 Å². The molecular weight excluding hydrogens is 206 g/mol. The van der Waals surface area contributed by atoms with Crippen molar-refractivity contribution < 1.29 is 4.74 Å². The SMILES string of the molecule is CC(C)O[C@@H]1C=CC(Br)=CN1. The minimum Gasteiger partial charge on any atom is -0.362 e. The fourth-order valence-electron chi connectivity index (χ4n) is 0.823. The van der Waals surface area contributed by atoms with Crippen LogP contribution in [0.5, 0.6) is 0 Å². The fourth-order valence-corrected chi connectivity index (χ4v) is 1.11. The molecule has 0 amide bonds. The summed E-state index contributed by atoms with van der Waals surface area (Å²) in [5.74, 6) is 0. The Kier molecular flexibility index (Phi) is 3.15. The van der Waals surface area contributed by atoms with Gasteiger partial charge in [0.1, 0.15) is 6.23 Å². The molecule has 0 fully saturated rings. The number of ether oxygens (including phenoxy) is 1. The van der Waals surface area contributed by atoms with E-state index in [1.807, 2.05) is 32.2 Å². The molecule has 0 unspecified atom stereocenters. The van der Waals surface area contributed by atoms with Gasteiger partial charge in [0.2, 0.25) is 0 Å². The first kappa shape index (κ1) is 8.81. The van der Waals surface area contributed by atoms with E-state index < -0.39 is 0 Å². The van der Waals surface area contributed by atoms with Crippen LogP contribution in [-0.2, 0) is 4.74 Å². The predicted molar refractivity (Wildman–Crippen MR) is 49.3 cm³/mol. The lowest BCUT2D eigenvalue weighted by molar-refractivity contribution is 0.0236. The van der Waals surface area contributed by atoms with E-state index in [-0.39, 0.29) is 12.3 Å². The minimum absolute atomic E-state index is 0.0244. The van der Waals surface area contributed by atoms with Crippen molar-refractivity contribution in [3.8, 4) is 0 Å². The predicted octanol–water partition coefficient (Wildman–Crippen LogP) is 2.13. The molecule has 3 heteroatoms. The van der Waals surface area contributed by atoms with Gasteiger partial charge in [-0.05, 0) is 41.9 Å². The molecule has 1 aliphatic heterocycles. The van der Waals surface area contributed by atoms with E-state index in [1.54, 1.807) is 0 Å². The molecule has 0 bridgehead atoms. The van der Waals surface area contributed by atoms with Crippen LogP contribution in [0.3, 0.4) is 0 Å². The van der Waals surface area contributed by atoms with E-state index in [0.29, 0.717) is 0 Å². The second-order valence-electron chi connectivity index (χ2n) is 2.66. The Morgan fingerprint density at radius 2 is 2.36 bits per heavy atom. The third kappa shape index (κ3) is 3.08. The molecule has 0 aliphatic carbocycles. The molecule has 2 nitrogen and oxygen atoms in total. The van der Waals surface area contributed by atoms with Crippen LogP contribution < -0.4 is 5.32 Å². The second kappa shape index (κ2) is 3.93. The lowest BCUT2D eigenvalue weighted by atomic mass is 10.3. The summed E-state index contributed by atoms with van der Waals surface area (Å²) in [5.41, 5.74) is 0. The number of dihydropyridines is 1. The van der Waals surface area contributed by atoms with Crippen molar-refractivity contribution in [2.24, 2.45) is 0 Å². The molecule has 0 radical (unpaired) electrons. The Morgan fingerprint density at radius 3 is 2.82 bits per heavy atom. The number of rotatable bonds is 2. The lowest BCUT2D eigenvalue weighted by Crippen LogP contribution is -2.29. The van der Waals surface area contributed by atoms with Gasteiger partial charge in [-0.15, -0.1) is 0 Å². The van der Waals surface area contributed by atoms with Gasteiger partial charge < -0.3 is 10.1 Å². The molecular formula is C8H12BrNO. The molecule has 0 saturated carbocycles. The standard InChI is InChI=1S/C8H12BrNO/c1-6(2)11-8-4-3-7(9)5-10-8/h3-6,8,10H,1-2H3/t8-/m1/s1. The second-order valence-corrected chi connectivity index (χ2v) is 3.58. The van der Waals surface area contributed by atoms with E-state index in [0.717, 1.165) is 4.48 Å². The number of halogens is 1. The minimum atomic E-state index is 0.0244. The molecule has 0 aromatic rings. The summed E-state index contributed by atoms with van der Waals surface area (Å²) in [4.78, 5) is 0. The molecule has 1 aliphatic rings. The molecule has 0 aromatic carbocycles. The summed E-state index contributed by atoms with van der Waals surface area (Å²) in [6.07, 6.45) is 6.11. The number of allylic oxidation sites excluding steroid dienone is 2. The molecule has 62 valence electrons. The van der Waals surface area contributed by atoms with Crippen LogP contribution in [0.25, 0.3) is 0 Å². The van der Waals surface area contributed by atoms with Crippen LogP contribution in [-0.4, -0.2) is 12.3 Å². The Bertz CT molecular complexity index is 187. The summed E-state index contributed by atoms with van der Waals surface area (Å²) >= 11 is 3.34. The summed E-state index contributed by atoms with van der Waals surface area (Å²) in [5, 5.41) is 3.08. The molecule has 1 rings (SSSR count). The monoisotopic (exact) mass is 217 g/mol. The Balaban J connectivity index is 2.37. The first-order chi connectivity index (χ1) is 5.18. The van der Waals surface area contributed by atoms with Crippen molar-refractivity contribution >= 4 is 15.9 Å². The summed E-state index contributed by atoms with van der Waals surface area (Å²) in [7, 11) is 0. The largest absolute Gasteiger partial charge is 0.362 e. The van der Waals surface area contributed by atoms with Crippen molar-refractivity contribution in [3.63, 3.8) is 0 Å². The maximum atomic E-state index is 5.48. The van der Waals surface area contributed by atoms with Crippen LogP contribution in [0.15, 0.2) is 22.8 Å². The summed E-state index contributed by atoms with van der Waals surface area (Å²) in [6, 6.07) is 0. The first-order valence-corrected chi connectivity index (χ1v) is 4.43. The molecule has 0 spiro atoms. The maximum absolute atomic E-state index is 5.48. The molecule has 0 aromatic heterocycles. The van der Waals surface area contributed by atoms with E-state index in [4.69, 9.17) is 4.74 Å². The quantitative estimate of drug-likeness (QED) is 0.766. The molecule has 0 saturated heterocycles. The van der Waals surface area contributed by atoms with Gasteiger partial charge in [0.25, 0.3) is 0 Å². The lowest BCUT2D eigenvalue weighted by Gasteiger charge is -2.19. The normalized spacial score (nSPS) is 23.3. The van der Waals surface area contributed by atoms with E-state index in [9.17, 15) is 0 Å². The zero-order valence-corrected chi connectivity index (χ0v) is 8.26. The van der Waals surface area contributed by atoms with Gasteiger partial charge in [0, 0.05) is 10.7 Å². The van der Waals surface area contributed by atoms with Gasteiger partial charge in [0.15, 0.2) is 0 Å². The van der Waals surface area contributed by atoms with Crippen LogP contribution in [0.2, 0.25) is 0 Å². The van der Waals surface area contributed by atoms with Gasteiger partial charge in [-0.2, -0.15) is 0 Å². The van der Waals surface area contributed by atoms with Crippen molar-refractivity contribution in [2.75, 3.05) is 0 Å². The third-order valence-corrected chi connectivity index (χ3v) is 1.73. The zero-order valence-electron chi connectivity index (χ0n) is 6.67. The van der Waals surface area contributed by atoms with E-state index >= 15 is 0 Å². The van der Waals surface area contributed by atoms with Crippen LogP contribution >= 0.6 is 15.9 Å². The van der Waals surface area contributed by atoms with E-state index in [2.05, 4.69) is 21.2 Å². The highest BCUT2D eigenvalue weighted by Gasteiger charge is 2.07. The topological polar surface area (TPSA) is 21.3 Å². The molecule has 1 atom stereocenters. The average molecular weight is 218 g/mol. The van der Waals surface area contributed by atoms with Crippen molar-refractivity contribution in [1.29, 1.82) is 0 Å². The third-order valence-electron chi connectivity index (χ3n) is 1.23. The highest BCUT2D eigenvalue weighted by Crippen LogP contribution is 2.11.